The molecule has 0 fully saturated rings. The SMILES string of the molecule is CC(C)(CBr)C(Br)(Br)OP(=O)(O)O. The van der Waals surface area contributed by atoms with Crippen LogP contribution in [0.3, 0.4) is 0 Å². The topological polar surface area (TPSA) is 66.8 Å². The third-order valence-corrected chi connectivity index (χ3v) is 6.24. The molecule has 0 aromatic carbocycles. The van der Waals surface area contributed by atoms with Crippen LogP contribution in [0.15, 0.2) is 0 Å². The highest BCUT2D eigenvalue weighted by molar-refractivity contribution is 9.25. The summed E-state index contributed by atoms with van der Waals surface area (Å²) < 4.78 is 13.9. The van der Waals surface area contributed by atoms with Crippen LogP contribution in [0, 0.1) is 5.41 Å². The van der Waals surface area contributed by atoms with E-state index in [-0.39, 0.29) is 0 Å². The van der Waals surface area contributed by atoms with E-state index in [4.69, 9.17) is 9.79 Å². The molecule has 0 aromatic heterocycles. The minimum atomic E-state index is -4.51. The number of hydrogen-bond donors (Lipinski definition) is 2. The summed E-state index contributed by atoms with van der Waals surface area (Å²) >= 11 is 9.36. The van der Waals surface area contributed by atoms with Gasteiger partial charge in [-0.05, 0) is 31.9 Å². The molecule has 80 valence electrons. The molecule has 8 heteroatoms. The predicted octanol–water partition coefficient (Wildman–Crippen LogP) is 2.96. The van der Waals surface area contributed by atoms with Crippen molar-refractivity contribution in [3.05, 3.63) is 0 Å². The van der Waals surface area contributed by atoms with Crippen molar-refractivity contribution < 1.29 is 18.9 Å². The Hall–Kier alpha value is 1.55. The van der Waals surface area contributed by atoms with E-state index in [1.54, 1.807) is 13.8 Å². The predicted molar refractivity (Wildman–Crippen MR) is 61.3 cm³/mol. The summed E-state index contributed by atoms with van der Waals surface area (Å²) in [7, 11) is -4.51. The molecule has 0 radical (unpaired) electrons. The van der Waals surface area contributed by atoms with Crippen LogP contribution in [-0.4, -0.2) is 18.5 Å². The molecule has 0 rings (SSSR count). The van der Waals surface area contributed by atoms with E-state index in [9.17, 15) is 4.57 Å². The normalized spacial score (nSPS) is 14.7. The lowest BCUT2D eigenvalue weighted by molar-refractivity contribution is 0.104. The third-order valence-electron chi connectivity index (χ3n) is 1.36. The Morgan fingerprint density at radius 3 is 2.00 bits per heavy atom. The van der Waals surface area contributed by atoms with Crippen LogP contribution in [0.2, 0.25) is 0 Å². The fourth-order valence-corrected chi connectivity index (χ4v) is 3.46. The van der Waals surface area contributed by atoms with Crippen LogP contribution in [0.4, 0.5) is 0 Å². The summed E-state index contributed by atoms with van der Waals surface area (Å²) in [5.41, 5.74) is -0.520. The fourth-order valence-electron chi connectivity index (χ4n) is 0.351. The van der Waals surface area contributed by atoms with Crippen LogP contribution in [0.1, 0.15) is 13.8 Å². The van der Waals surface area contributed by atoms with Gasteiger partial charge in [0.15, 0.2) is 3.42 Å². The van der Waals surface area contributed by atoms with Gasteiger partial charge in [0.05, 0.1) is 0 Å². The molecule has 13 heavy (non-hydrogen) atoms. The van der Waals surface area contributed by atoms with Crippen molar-refractivity contribution >= 4 is 55.6 Å². The number of rotatable bonds is 4. The van der Waals surface area contributed by atoms with Gasteiger partial charge in [-0.15, -0.1) is 0 Å². The minimum Gasteiger partial charge on any atom is -0.303 e. The zero-order valence-corrected chi connectivity index (χ0v) is 12.7. The smallest absolute Gasteiger partial charge is 0.303 e. The fraction of sp³-hybridized carbons (Fsp3) is 1.00. The maximum atomic E-state index is 10.6. The Balaban J connectivity index is 4.68. The largest absolute Gasteiger partial charge is 0.471 e. The first kappa shape index (κ1) is 14.6. The molecule has 0 saturated heterocycles. The Kier molecular flexibility index (Phi) is 5.14. The molecule has 0 amide bonds. The first-order valence-corrected chi connectivity index (χ1v) is 7.46. The molecule has 0 aliphatic rings. The van der Waals surface area contributed by atoms with Gasteiger partial charge in [-0.2, -0.15) is 0 Å². The molecule has 0 aromatic rings. The van der Waals surface area contributed by atoms with E-state index in [0.717, 1.165) is 0 Å². The highest BCUT2D eigenvalue weighted by Gasteiger charge is 2.45. The zero-order chi connectivity index (χ0) is 10.9. The molecule has 0 aliphatic heterocycles. The Labute approximate surface area is 102 Å². The van der Waals surface area contributed by atoms with Crippen molar-refractivity contribution in [2.45, 2.75) is 17.3 Å². The molecule has 4 nitrogen and oxygen atoms in total. The average molecular weight is 405 g/mol. The molecule has 0 aliphatic carbocycles. The minimum absolute atomic E-state index is 0.510. The highest BCUT2D eigenvalue weighted by Crippen LogP contribution is 2.55. The molecule has 0 atom stereocenters. The van der Waals surface area contributed by atoms with Crippen molar-refractivity contribution in [1.82, 2.24) is 0 Å². The Morgan fingerprint density at radius 2 is 1.77 bits per heavy atom. The maximum Gasteiger partial charge on any atom is 0.471 e. The second-order valence-electron chi connectivity index (χ2n) is 3.12. The van der Waals surface area contributed by atoms with E-state index in [1.807, 2.05) is 0 Å². The molecular formula is C5H10Br3O4P. The molecule has 2 N–H and O–H groups in total. The van der Waals surface area contributed by atoms with Crippen LogP contribution < -0.4 is 0 Å². The Bertz CT molecular complexity index is 224. The van der Waals surface area contributed by atoms with E-state index in [2.05, 4.69) is 52.3 Å². The maximum absolute atomic E-state index is 10.6. The zero-order valence-electron chi connectivity index (χ0n) is 7.00. The summed E-state index contributed by atoms with van der Waals surface area (Å²) in [6.45, 7) is 3.56. The number of alkyl halides is 3. The van der Waals surface area contributed by atoms with Crippen LogP contribution in [0.5, 0.6) is 0 Å². The van der Waals surface area contributed by atoms with Gasteiger partial charge in [0.1, 0.15) is 0 Å². The van der Waals surface area contributed by atoms with Gasteiger partial charge < -0.3 is 9.79 Å². The summed E-state index contributed by atoms with van der Waals surface area (Å²) in [6, 6.07) is 0. The van der Waals surface area contributed by atoms with Gasteiger partial charge in [0.25, 0.3) is 0 Å². The second-order valence-corrected chi connectivity index (χ2v) is 8.14. The number of halogens is 3. The summed E-state index contributed by atoms with van der Waals surface area (Å²) in [5.74, 6) is 0. The van der Waals surface area contributed by atoms with Crippen LogP contribution >= 0.6 is 55.6 Å². The van der Waals surface area contributed by atoms with Gasteiger partial charge in [0, 0.05) is 10.7 Å². The van der Waals surface area contributed by atoms with Crippen LogP contribution in [-0.2, 0) is 9.09 Å². The van der Waals surface area contributed by atoms with Gasteiger partial charge in [-0.1, -0.05) is 29.8 Å². The lowest BCUT2D eigenvalue weighted by Crippen LogP contribution is -2.36. The number of phosphoric ester groups is 1. The number of hydrogen-bond acceptors (Lipinski definition) is 2. The van der Waals surface area contributed by atoms with E-state index in [1.165, 1.54) is 0 Å². The average Bonchev–Trinajstić information content (AvgIpc) is 1.81. The third kappa shape index (κ3) is 4.73. The van der Waals surface area contributed by atoms with Gasteiger partial charge in [-0.3, -0.25) is 4.52 Å². The van der Waals surface area contributed by atoms with E-state index in [0.29, 0.717) is 5.33 Å². The lowest BCUT2D eigenvalue weighted by Gasteiger charge is -2.35. The van der Waals surface area contributed by atoms with Gasteiger partial charge >= 0.3 is 7.82 Å². The summed E-state index contributed by atoms with van der Waals surface area (Å²) in [5, 5.41) is 0.510. The van der Waals surface area contributed by atoms with Crippen LogP contribution in [0.25, 0.3) is 0 Å². The molecule has 0 unspecified atom stereocenters. The van der Waals surface area contributed by atoms with Crippen molar-refractivity contribution in [1.29, 1.82) is 0 Å². The monoisotopic (exact) mass is 402 g/mol. The molecule has 0 saturated carbocycles. The molecule has 0 spiro atoms. The second kappa shape index (κ2) is 4.60. The van der Waals surface area contributed by atoms with E-state index >= 15 is 0 Å². The molecular weight excluding hydrogens is 395 g/mol. The van der Waals surface area contributed by atoms with Crippen molar-refractivity contribution in [3.63, 3.8) is 0 Å². The van der Waals surface area contributed by atoms with Gasteiger partial charge in [0.2, 0.25) is 0 Å². The summed E-state index contributed by atoms with van der Waals surface area (Å²) in [6.07, 6.45) is 0. The Morgan fingerprint density at radius 1 is 1.38 bits per heavy atom. The van der Waals surface area contributed by atoms with E-state index < -0.39 is 16.7 Å². The van der Waals surface area contributed by atoms with Crippen molar-refractivity contribution in [2.75, 3.05) is 5.33 Å². The van der Waals surface area contributed by atoms with Gasteiger partial charge in [-0.25, -0.2) is 4.57 Å². The first-order chi connectivity index (χ1) is 5.52. The number of phosphoric acid groups is 1. The quantitative estimate of drug-likeness (QED) is 0.558. The highest BCUT2D eigenvalue weighted by atomic mass is 79.9. The molecule has 0 heterocycles. The van der Waals surface area contributed by atoms with Crippen molar-refractivity contribution in [3.8, 4) is 0 Å². The summed E-state index contributed by atoms with van der Waals surface area (Å²) in [4.78, 5) is 17.3. The molecule has 0 bridgehead atoms. The standard InChI is InChI=1S/C5H10Br3O4P/c1-4(2,3-6)5(7,8)12-13(9,10)11/h3H2,1-2H3,(H2,9,10,11). The van der Waals surface area contributed by atoms with Crippen molar-refractivity contribution in [2.24, 2.45) is 5.41 Å². The lowest BCUT2D eigenvalue weighted by atomic mass is 9.98. The first-order valence-electron chi connectivity index (χ1n) is 3.22.